The Hall–Kier alpha value is -0.850. The number of hydrogen-bond acceptors (Lipinski definition) is 1. The molecule has 0 atom stereocenters. The average Bonchev–Trinajstić information content (AvgIpc) is 2.14. The van der Waals surface area contributed by atoms with Gasteiger partial charge in [0.1, 0.15) is 0 Å². The van der Waals surface area contributed by atoms with Gasteiger partial charge in [0.2, 0.25) is 0 Å². The summed E-state index contributed by atoms with van der Waals surface area (Å²) in [6.45, 7) is 8.87. The van der Waals surface area contributed by atoms with E-state index in [0.29, 0.717) is 0 Å². The van der Waals surface area contributed by atoms with Crippen LogP contribution in [0.25, 0.3) is 0 Å². The molecular formula is C13H21N. The number of nitrogens with zero attached hydrogens (tertiary/aromatic N) is 1. The van der Waals surface area contributed by atoms with E-state index in [-0.39, 0.29) is 5.41 Å². The fraction of sp³-hybridized carbons (Fsp3) is 0.615. The van der Waals surface area contributed by atoms with Gasteiger partial charge in [0.15, 0.2) is 0 Å². The fourth-order valence-corrected chi connectivity index (χ4v) is 1.37. The summed E-state index contributed by atoms with van der Waals surface area (Å²) in [6.07, 6.45) is 5.61. The van der Waals surface area contributed by atoms with Crippen molar-refractivity contribution in [2.75, 3.05) is 0 Å². The maximum absolute atomic E-state index is 4.48. The van der Waals surface area contributed by atoms with Crippen LogP contribution in [0.2, 0.25) is 0 Å². The summed E-state index contributed by atoms with van der Waals surface area (Å²) in [7, 11) is 0. The number of rotatable bonds is 3. The molecular weight excluding hydrogens is 170 g/mol. The van der Waals surface area contributed by atoms with Crippen LogP contribution in [-0.4, -0.2) is 4.98 Å². The lowest BCUT2D eigenvalue weighted by atomic mass is 9.88. The molecule has 1 nitrogen and oxygen atoms in total. The second kappa shape index (κ2) is 4.59. The molecule has 1 aromatic heterocycles. The molecule has 1 rings (SSSR count). The zero-order valence-corrected chi connectivity index (χ0v) is 9.80. The van der Waals surface area contributed by atoms with E-state index in [0.717, 1.165) is 6.42 Å². The van der Waals surface area contributed by atoms with E-state index in [9.17, 15) is 0 Å². The van der Waals surface area contributed by atoms with Crippen LogP contribution < -0.4 is 0 Å². The third-order valence-corrected chi connectivity index (χ3v) is 2.48. The Morgan fingerprint density at radius 3 is 2.36 bits per heavy atom. The summed E-state index contributed by atoms with van der Waals surface area (Å²) in [5, 5.41) is 0. The molecule has 0 amide bonds. The van der Waals surface area contributed by atoms with Crippen LogP contribution in [0.3, 0.4) is 0 Å². The molecule has 0 aliphatic rings. The Labute approximate surface area is 87.6 Å². The van der Waals surface area contributed by atoms with Crippen LogP contribution in [-0.2, 0) is 11.8 Å². The van der Waals surface area contributed by atoms with Gasteiger partial charge in [-0.2, -0.15) is 0 Å². The van der Waals surface area contributed by atoms with Gasteiger partial charge in [-0.1, -0.05) is 40.2 Å². The van der Waals surface area contributed by atoms with Gasteiger partial charge >= 0.3 is 0 Å². The molecule has 0 bridgehead atoms. The zero-order chi connectivity index (χ0) is 10.6. The molecule has 0 aliphatic carbocycles. The highest BCUT2D eigenvalue weighted by molar-refractivity contribution is 5.21. The van der Waals surface area contributed by atoms with Crippen molar-refractivity contribution in [2.45, 2.75) is 52.4 Å². The number of aryl methyl sites for hydroxylation is 1. The first kappa shape index (κ1) is 11.2. The van der Waals surface area contributed by atoms with Crippen molar-refractivity contribution in [3.63, 3.8) is 0 Å². The maximum atomic E-state index is 4.48. The van der Waals surface area contributed by atoms with E-state index in [1.807, 2.05) is 6.20 Å². The third-order valence-electron chi connectivity index (χ3n) is 2.48. The Morgan fingerprint density at radius 2 is 1.93 bits per heavy atom. The fourth-order valence-electron chi connectivity index (χ4n) is 1.37. The molecule has 1 heterocycles. The van der Waals surface area contributed by atoms with Gasteiger partial charge in [-0.05, 0) is 29.9 Å². The second-order valence-corrected chi connectivity index (χ2v) is 4.89. The summed E-state index contributed by atoms with van der Waals surface area (Å²) < 4.78 is 0. The first-order chi connectivity index (χ1) is 6.54. The molecule has 0 unspecified atom stereocenters. The monoisotopic (exact) mass is 191 g/mol. The molecule has 0 fully saturated rings. The van der Waals surface area contributed by atoms with E-state index in [1.54, 1.807) is 0 Å². The van der Waals surface area contributed by atoms with Gasteiger partial charge in [-0.25, -0.2) is 0 Å². The van der Waals surface area contributed by atoms with Gasteiger partial charge in [0.25, 0.3) is 0 Å². The summed E-state index contributed by atoms with van der Waals surface area (Å²) in [6, 6.07) is 4.37. The summed E-state index contributed by atoms with van der Waals surface area (Å²) in [5.41, 5.74) is 2.76. The largest absolute Gasteiger partial charge is 0.261 e. The lowest BCUT2D eigenvalue weighted by molar-refractivity contribution is 0.586. The summed E-state index contributed by atoms with van der Waals surface area (Å²) in [4.78, 5) is 4.48. The highest BCUT2D eigenvalue weighted by Crippen LogP contribution is 2.21. The van der Waals surface area contributed by atoms with E-state index in [4.69, 9.17) is 0 Å². The maximum Gasteiger partial charge on any atom is 0.0403 e. The van der Waals surface area contributed by atoms with E-state index < -0.39 is 0 Å². The van der Waals surface area contributed by atoms with E-state index >= 15 is 0 Å². The van der Waals surface area contributed by atoms with Gasteiger partial charge < -0.3 is 0 Å². The van der Waals surface area contributed by atoms with Gasteiger partial charge in [-0.3, -0.25) is 4.98 Å². The minimum Gasteiger partial charge on any atom is -0.261 e. The van der Waals surface area contributed by atoms with Crippen LogP contribution in [0.1, 0.15) is 51.8 Å². The Kier molecular flexibility index (Phi) is 3.68. The lowest BCUT2D eigenvalue weighted by Crippen LogP contribution is -2.11. The van der Waals surface area contributed by atoms with Crippen molar-refractivity contribution in [3.05, 3.63) is 29.6 Å². The molecule has 1 aromatic rings. The van der Waals surface area contributed by atoms with Crippen molar-refractivity contribution in [2.24, 2.45) is 0 Å². The number of unbranched alkanes of at least 4 members (excludes halogenated alkanes) is 1. The predicted octanol–water partition coefficient (Wildman–Crippen LogP) is 3.72. The summed E-state index contributed by atoms with van der Waals surface area (Å²) >= 11 is 0. The zero-order valence-electron chi connectivity index (χ0n) is 9.80. The molecule has 0 saturated heterocycles. The minimum absolute atomic E-state index is 0.219. The molecule has 78 valence electrons. The van der Waals surface area contributed by atoms with E-state index in [1.165, 1.54) is 24.1 Å². The van der Waals surface area contributed by atoms with Crippen molar-refractivity contribution in [3.8, 4) is 0 Å². The third kappa shape index (κ3) is 3.13. The Bertz CT molecular complexity index is 266. The molecule has 14 heavy (non-hydrogen) atoms. The van der Waals surface area contributed by atoms with Crippen LogP contribution in [0.4, 0.5) is 0 Å². The molecule has 0 N–H and O–H groups in total. The molecule has 1 heteroatoms. The van der Waals surface area contributed by atoms with Crippen LogP contribution in [0.15, 0.2) is 18.3 Å². The minimum atomic E-state index is 0.219. The van der Waals surface area contributed by atoms with E-state index in [2.05, 4.69) is 44.8 Å². The quantitative estimate of drug-likeness (QED) is 0.709. The van der Waals surface area contributed by atoms with Crippen molar-refractivity contribution in [1.29, 1.82) is 0 Å². The lowest BCUT2D eigenvalue weighted by Gasteiger charge is -2.18. The molecule has 0 saturated carbocycles. The van der Waals surface area contributed by atoms with Crippen LogP contribution in [0.5, 0.6) is 0 Å². The molecule has 0 aromatic carbocycles. The van der Waals surface area contributed by atoms with Gasteiger partial charge in [0.05, 0.1) is 0 Å². The van der Waals surface area contributed by atoms with Crippen molar-refractivity contribution < 1.29 is 0 Å². The number of pyridine rings is 1. The predicted molar refractivity (Wildman–Crippen MR) is 61.5 cm³/mol. The topological polar surface area (TPSA) is 12.9 Å². The number of aromatic nitrogens is 1. The number of hydrogen-bond donors (Lipinski definition) is 0. The first-order valence-corrected chi connectivity index (χ1v) is 5.49. The SMILES string of the molecule is CCCCc1ccc(C(C)(C)C)cn1. The highest BCUT2D eigenvalue weighted by atomic mass is 14.7. The average molecular weight is 191 g/mol. The molecule has 0 radical (unpaired) electrons. The molecule has 0 spiro atoms. The highest BCUT2D eigenvalue weighted by Gasteiger charge is 2.13. The summed E-state index contributed by atoms with van der Waals surface area (Å²) in [5.74, 6) is 0. The Morgan fingerprint density at radius 1 is 1.21 bits per heavy atom. The van der Waals surface area contributed by atoms with Crippen LogP contribution >= 0.6 is 0 Å². The Balaban J connectivity index is 2.69. The first-order valence-electron chi connectivity index (χ1n) is 5.49. The normalized spacial score (nSPS) is 11.7. The van der Waals surface area contributed by atoms with Crippen molar-refractivity contribution >= 4 is 0 Å². The van der Waals surface area contributed by atoms with Gasteiger partial charge in [-0.15, -0.1) is 0 Å². The molecule has 0 aliphatic heterocycles. The smallest absolute Gasteiger partial charge is 0.0403 e. The second-order valence-electron chi connectivity index (χ2n) is 4.89. The van der Waals surface area contributed by atoms with Crippen molar-refractivity contribution in [1.82, 2.24) is 4.98 Å². The van der Waals surface area contributed by atoms with Gasteiger partial charge in [0, 0.05) is 11.9 Å². The van der Waals surface area contributed by atoms with Crippen LogP contribution in [0, 0.1) is 0 Å². The standard InChI is InChI=1S/C13H21N/c1-5-6-7-12-9-8-11(10-14-12)13(2,3)4/h8-10H,5-7H2,1-4H3.